The van der Waals surface area contributed by atoms with Crippen LogP contribution in [0.15, 0.2) is 335 Å². The van der Waals surface area contributed by atoms with Crippen molar-refractivity contribution in [1.29, 1.82) is 0 Å². The van der Waals surface area contributed by atoms with E-state index in [0.717, 1.165) is 99.5 Å². The fourth-order valence-corrected chi connectivity index (χ4v) is 23.5. The molecule has 0 saturated heterocycles. The van der Waals surface area contributed by atoms with Gasteiger partial charge in [0.15, 0.2) is 0 Å². The topological polar surface area (TPSA) is 54.2 Å². The van der Waals surface area contributed by atoms with Gasteiger partial charge in [-0.1, -0.05) is 206 Å². The molecule has 0 aliphatic heterocycles. The molecule has 9 heteroatoms. The molecule has 0 saturated carbocycles. The minimum absolute atomic E-state index is 0.868. The van der Waals surface area contributed by atoms with Gasteiger partial charge in [-0.05, 0) is 159 Å². The van der Waals surface area contributed by atoms with Crippen molar-refractivity contribution in [1.82, 2.24) is 13.7 Å². The van der Waals surface area contributed by atoms with Gasteiger partial charge in [-0.15, -0.1) is 34.0 Å². The first-order valence-electron chi connectivity index (χ1n) is 37.8. The third-order valence-electron chi connectivity index (χ3n) is 24.4. The summed E-state index contributed by atoms with van der Waals surface area (Å²) in [4.78, 5) is 0. The van der Waals surface area contributed by atoms with Crippen LogP contribution in [0, 0.1) is 0 Å². The van der Waals surface area contributed by atoms with E-state index in [4.69, 9.17) is 13.3 Å². The molecule has 0 aliphatic carbocycles. The second-order valence-electron chi connectivity index (χ2n) is 29.9. The normalized spacial score (nSPS) is 12.7. The zero-order valence-corrected chi connectivity index (χ0v) is 61.3. The molecular weight excluding hydrogens is 1410 g/mol. The monoisotopic (exact) mass is 1460 g/mol. The molecule has 0 fully saturated rings. The Morgan fingerprint density at radius 2 is 0.622 bits per heavy atom. The van der Waals surface area contributed by atoms with Gasteiger partial charge >= 0.3 is 0 Å². The number of hydrogen-bond acceptors (Lipinski definition) is 6. The Balaban J connectivity index is 0.694. The maximum atomic E-state index is 6.61. The Morgan fingerprint density at radius 3 is 1.27 bits per heavy atom. The average Bonchev–Trinajstić information content (AvgIpc) is 1.54. The van der Waals surface area contributed by atoms with Crippen molar-refractivity contribution in [2.24, 2.45) is 0 Å². The van der Waals surface area contributed by atoms with E-state index in [1.165, 1.54) is 164 Å². The number of aromatic nitrogens is 3. The van der Waals surface area contributed by atoms with Crippen molar-refractivity contribution in [2.45, 2.75) is 0 Å². The smallest absolute Gasteiger partial charge is 0.135 e. The van der Waals surface area contributed by atoms with Crippen LogP contribution in [0.2, 0.25) is 0 Å². The van der Waals surface area contributed by atoms with Gasteiger partial charge in [-0.25, -0.2) is 0 Å². The molecule has 0 N–H and O–H groups in total. The van der Waals surface area contributed by atoms with Gasteiger partial charge in [0.25, 0.3) is 0 Å². The lowest BCUT2D eigenvalue weighted by Gasteiger charge is -2.14. The first-order chi connectivity index (χ1) is 55.0. The first kappa shape index (κ1) is 59.3. The first-order valence-corrected chi connectivity index (χ1v) is 40.2. The Labute approximate surface area is 641 Å². The van der Waals surface area contributed by atoms with Crippen molar-refractivity contribution in [3.05, 3.63) is 322 Å². The van der Waals surface area contributed by atoms with Crippen LogP contribution in [0.4, 0.5) is 0 Å². The number of benzene rings is 18. The molecule has 6 nitrogen and oxygen atoms in total. The molecule has 18 aromatic carbocycles. The molecule has 9 heterocycles. The van der Waals surface area contributed by atoms with Crippen molar-refractivity contribution < 1.29 is 13.3 Å². The van der Waals surface area contributed by atoms with Crippen molar-refractivity contribution in [3.8, 4) is 39.3 Å². The summed E-state index contributed by atoms with van der Waals surface area (Å²) < 4.78 is 34.7. The summed E-state index contributed by atoms with van der Waals surface area (Å²) in [6, 6.07) is 120. The number of nitrogens with zero attached hydrogens (tertiary/aromatic N) is 3. The summed E-state index contributed by atoms with van der Waals surface area (Å²) in [5.41, 5.74) is 20.5. The molecule has 111 heavy (non-hydrogen) atoms. The van der Waals surface area contributed by atoms with Crippen molar-refractivity contribution in [3.63, 3.8) is 0 Å². The summed E-state index contributed by atoms with van der Waals surface area (Å²) in [5.74, 6) is 0. The second-order valence-corrected chi connectivity index (χ2v) is 33.1. The van der Waals surface area contributed by atoms with Crippen LogP contribution >= 0.6 is 34.0 Å². The maximum Gasteiger partial charge on any atom is 0.135 e. The highest BCUT2D eigenvalue weighted by Gasteiger charge is 2.29. The van der Waals surface area contributed by atoms with Gasteiger partial charge in [0.2, 0.25) is 0 Å². The van der Waals surface area contributed by atoms with Crippen LogP contribution in [-0.2, 0) is 0 Å². The number of fused-ring (bicyclic) bond motifs is 38. The summed E-state index contributed by atoms with van der Waals surface area (Å²) in [6.07, 6.45) is 0. The molecule has 0 aliphatic rings. The number of hydrogen-bond donors (Lipinski definition) is 0. The number of rotatable bonds is 5. The van der Waals surface area contributed by atoms with Crippen LogP contribution in [0.5, 0.6) is 0 Å². The highest BCUT2D eigenvalue weighted by molar-refractivity contribution is 7.28. The van der Waals surface area contributed by atoms with E-state index in [9.17, 15) is 0 Å². The average molecular weight is 1460 g/mol. The molecule has 512 valence electrons. The second kappa shape index (κ2) is 21.5. The molecule has 0 bridgehead atoms. The molecule has 0 radical (unpaired) electrons. The molecule has 0 unspecified atom stereocenters. The fourth-order valence-electron chi connectivity index (χ4n) is 19.8. The minimum Gasteiger partial charge on any atom is -0.456 e. The molecule has 0 spiro atoms. The number of para-hydroxylation sites is 5. The van der Waals surface area contributed by atoms with Crippen LogP contribution in [0.1, 0.15) is 0 Å². The molecule has 0 amide bonds. The largest absolute Gasteiger partial charge is 0.456 e. The van der Waals surface area contributed by atoms with Gasteiger partial charge in [-0.3, -0.25) is 0 Å². The third-order valence-corrected chi connectivity index (χ3v) is 27.9. The number of thiophene rings is 3. The molecule has 27 rings (SSSR count). The van der Waals surface area contributed by atoms with Gasteiger partial charge < -0.3 is 27.0 Å². The predicted octanol–water partition coefficient (Wildman–Crippen LogP) is 30.6. The van der Waals surface area contributed by atoms with E-state index < -0.39 is 0 Å². The van der Waals surface area contributed by atoms with Crippen molar-refractivity contribution in [2.75, 3.05) is 0 Å². The third kappa shape index (κ3) is 7.83. The number of furan rings is 3. The van der Waals surface area contributed by atoms with Gasteiger partial charge in [0.05, 0.1) is 42.5 Å². The Kier molecular flexibility index (Phi) is 11.5. The van der Waals surface area contributed by atoms with Crippen LogP contribution in [-0.4, -0.2) is 13.7 Å². The maximum absolute atomic E-state index is 6.61. The van der Waals surface area contributed by atoms with E-state index >= 15 is 0 Å². The highest BCUT2D eigenvalue weighted by Crippen LogP contribution is 2.55. The van der Waals surface area contributed by atoms with E-state index in [2.05, 4.69) is 329 Å². The zero-order valence-electron chi connectivity index (χ0n) is 58.9. The lowest BCUT2D eigenvalue weighted by Crippen LogP contribution is -1.96. The molecule has 9 aromatic heterocycles. The Bertz CT molecular complexity index is 8950. The fraction of sp³-hybridized carbons (Fsp3) is 0. The van der Waals surface area contributed by atoms with E-state index in [1.807, 2.05) is 40.1 Å². The lowest BCUT2D eigenvalue weighted by atomic mass is 9.93. The molecule has 0 atom stereocenters. The quantitative estimate of drug-likeness (QED) is 0.173. The predicted molar refractivity (Wildman–Crippen MR) is 473 cm³/mol. The SMILES string of the molecule is c1ccc2c(c1)oc1ccc(-n3c4ccc5c(-c6ccc7sc8c(c7c6)c6ccccc6c6c8c7cccc(-c8ccc9sc%10c(c9c8)c8ccccc8c8c9ccccc9n(-c9ccc%11oc%12ccccc%12c%11c9)c%108)c7n6-c6ccc7oc8ccccc8c7c6)cccc5c4c4ccc5c6ccccc6sc5c43)cc12. The van der Waals surface area contributed by atoms with E-state index in [0.29, 0.717) is 0 Å². The van der Waals surface area contributed by atoms with Gasteiger partial charge in [0, 0.05) is 144 Å². The molecular formula is C102H53N3O3S3. The van der Waals surface area contributed by atoms with E-state index in [1.54, 1.807) is 0 Å². The van der Waals surface area contributed by atoms with Crippen molar-refractivity contribution >= 4 is 258 Å². The minimum atomic E-state index is 0.868. The summed E-state index contributed by atoms with van der Waals surface area (Å²) in [6.45, 7) is 0. The van der Waals surface area contributed by atoms with Crippen LogP contribution in [0.25, 0.3) is 263 Å². The van der Waals surface area contributed by atoms with Gasteiger partial charge in [-0.2, -0.15) is 0 Å². The van der Waals surface area contributed by atoms with Gasteiger partial charge in [0.1, 0.15) is 33.5 Å². The Morgan fingerprint density at radius 1 is 0.189 bits per heavy atom. The summed E-state index contributed by atoms with van der Waals surface area (Å²) in [7, 11) is 0. The van der Waals surface area contributed by atoms with Crippen LogP contribution < -0.4 is 0 Å². The van der Waals surface area contributed by atoms with E-state index in [-0.39, 0.29) is 0 Å². The van der Waals surface area contributed by atoms with Crippen LogP contribution in [0.3, 0.4) is 0 Å². The lowest BCUT2D eigenvalue weighted by molar-refractivity contribution is 0.668. The standard InChI is InChI=1S/C102H53N3O3S3/c1-2-22-68-67(21-1)92-72-25-5-10-30-80(72)103(56-37-44-85-75(51-56)62-17-6-11-31-82(62)106-85)99(92)102-94(68)79-50-55(36-48-90(79)111-102)60-27-16-29-73-95-97(105(96(60)73)58-39-46-87-77(53-58)64-19-8-13-33-84(64)108-87)70-24-4-3-23-69(70)93-78-49-54(35-47-89(78)110-101(93)95)59-26-15-28-66-61(59)42-43-81-91(66)74-41-40-71-65-20-9-14-34-88(65)109-100(71)98(74)104(81)57-38-45-86-76(52-57)63-18-7-12-32-83(63)107-86/h1-53H. The summed E-state index contributed by atoms with van der Waals surface area (Å²) >= 11 is 5.71. The summed E-state index contributed by atoms with van der Waals surface area (Å²) in [5, 5.41) is 29.1. The molecule has 27 aromatic rings. The highest BCUT2D eigenvalue weighted by atomic mass is 32.1. The Hall–Kier alpha value is -13.8. The zero-order chi connectivity index (χ0) is 71.7.